The van der Waals surface area contributed by atoms with Crippen LogP contribution < -0.4 is 9.47 Å². The molecule has 0 aromatic heterocycles. The Labute approximate surface area is 132 Å². The number of carbonyl (C=O) groups excluding carboxylic acids is 2. The minimum atomic E-state index is -1.74. The van der Waals surface area contributed by atoms with Gasteiger partial charge < -0.3 is 23.7 Å². The Morgan fingerprint density at radius 2 is 1.83 bits per heavy atom. The van der Waals surface area contributed by atoms with Crippen LogP contribution in [0.2, 0.25) is 0 Å². The molecule has 0 radical (unpaired) electrons. The molecule has 1 unspecified atom stereocenters. The standard InChI is InChI=1S/C16H16O7/c1-9-7-21-13(16(9,14(17)19-2)15(18)20-3)10-4-5-11-12(6-10)23-8-22-11/h4-6,13H,1,7-8H2,2-3H3. The third-order valence-corrected chi connectivity index (χ3v) is 4.09. The van der Waals surface area contributed by atoms with E-state index in [4.69, 9.17) is 23.7 Å². The van der Waals surface area contributed by atoms with Gasteiger partial charge in [0, 0.05) is 0 Å². The first-order chi connectivity index (χ1) is 11.1. The highest BCUT2D eigenvalue weighted by Crippen LogP contribution is 2.51. The number of fused-ring (bicyclic) bond motifs is 1. The molecule has 1 fully saturated rings. The fourth-order valence-electron chi connectivity index (χ4n) is 2.94. The maximum Gasteiger partial charge on any atom is 0.330 e. The number of ether oxygens (including phenoxy) is 5. The van der Waals surface area contributed by atoms with Crippen molar-refractivity contribution >= 4 is 11.9 Å². The van der Waals surface area contributed by atoms with Crippen LogP contribution in [0.1, 0.15) is 11.7 Å². The average molecular weight is 320 g/mol. The molecule has 0 N–H and O–H groups in total. The van der Waals surface area contributed by atoms with Gasteiger partial charge in [-0.25, -0.2) is 0 Å². The maximum absolute atomic E-state index is 12.4. The van der Waals surface area contributed by atoms with Crippen LogP contribution in [0.4, 0.5) is 0 Å². The van der Waals surface area contributed by atoms with Gasteiger partial charge in [-0.1, -0.05) is 12.6 Å². The lowest BCUT2D eigenvalue weighted by Gasteiger charge is -2.29. The molecule has 7 heteroatoms. The van der Waals surface area contributed by atoms with E-state index in [0.29, 0.717) is 22.6 Å². The molecule has 23 heavy (non-hydrogen) atoms. The highest BCUT2D eigenvalue weighted by Gasteiger charge is 2.61. The van der Waals surface area contributed by atoms with E-state index in [0.717, 1.165) is 0 Å². The van der Waals surface area contributed by atoms with E-state index in [9.17, 15) is 9.59 Å². The molecule has 1 aromatic rings. The Balaban J connectivity index is 2.11. The molecule has 2 heterocycles. The second kappa shape index (κ2) is 5.58. The van der Waals surface area contributed by atoms with Crippen LogP contribution in [-0.4, -0.2) is 39.6 Å². The highest BCUT2D eigenvalue weighted by atomic mass is 16.7. The largest absolute Gasteiger partial charge is 0.468 e. The van der Waals surface area contributed by atoms with Crippen molar-refractivity contribution in [1.82, 2.24) is 0 Å². The van der Waals surface area contributed by atoms with Gasteiger partial charge in [0.05, 0.1) is 20.8 Å². The summed E-state index contributed by atoms with van der Waals surface area (Å²) < 4.78 is 26.0. The topological polar surface area (TPSA) is 80.3 Å². The van der Waals surface area contributed by atoms with E-state index in [1.54, 1.807) is 18.2 Å². The molecule has 3 rings (SSSR count). The Kier molecular flexibility index (Phi) is 3.73. The van der Waals surface area contributed by atoms with Gasteiger partial charge in [0.2, 0.25) is 12.2 Å². The van der Waals surface area contributed by atoms with E-state index in [1.807, 2.05) is 0 Å². The second-order valence-corrected chi connectivity index (χ2v) is 5.20. The number of methoxy groups -OCH3 is 2. The molecule has 122 valence electrons. The summed E-state index contributed by atoms with van der Waals surface area (Å²) in [7, 11) is 2.41. The lowest BCUT2D eigenvalue weighted by Crippen LogP contribution is -2.44. The summed E-state index contributed by atoms with van der Waals surface area (Å²) in [4.78, 5) is 24.9. The van der Waals surface area contributed by atoms with E-state index >= 15 is 0 Å². The molecule has 2 aliphatic heterocycles. The first-order valence-corrected chi connectivity index (χ1v) is 6.92. The Morgan fingerprint density at radius 1 is 1.17 bits per heavy atom. The van der Waals surface area contributed by atoms with E-state index in [1.165, 1.54) is 14.2 Å². The molecular formula is C16H16O7. The molecule has 1 saturated heterocycles. The number of rotatable bonds is 3. The number of benzene rings is 1. The van der Waals surface area contributed by atoms with Crippen molar-refractivity contribution in [3.8, 4) is 11.5 Å². The summed E-state index contributed by atoms with van der Waals surface area (Å²) in [6.07, 6.45) is -0.913. The Hall–Kier alpha value is -2.54. The zero-order valence-corrected chi connectivity index (χ0v) is 12.8. The molecule has 2 aliphatic rings. The number of hydrogen-bond acceptors (Lipinski definition) is 7. The summed E-state index contributed by atoms with van der Waals surface area (Å²) >= 11 is 0. The molecule has 0 bridgehead atoms. The summed E-state index contributed by atoms with van der Waals surface area (Å²) in [5.41, 5.74) is -0.875. The summed E-state index contributed by atoms with van der Waals surface area (Å²) in [6, 6.07) is 5.07. The third kappa shape index (κ3) is 2.08. The number of hydrogen-bond donors (Lipinski definition) is 0. The van der Waals surface area contributed by atoms with Crippen molar-refractivity contribution in [1.29, 1.82) is 0 Å². The smallest absolute Gasteiger partial charge is 0.330 e. The molecule has 7 nitrogen and oxygen atoms in total. The normalized spacial score (nSPS) is 21.1. The average Bonchev–Trinajstić information content (AvgIpc) is 3.17. The molecule has 1 aromatic carbocycles. The first-order valence-electron chi connectivity index (χ1n) is 6.92. The first kappa shape index (κ1) is 15.4. The Bertz CT molecular complexity index is 663. The van der Waals surface area contributed by atoms with Gasteiger partial charge in [-0.3, -0.25) is 9.59 Å². The minimum Gasteiger partial charge on any atom is -0.468 e. The molecule has 0 saturated carbocycles. The second-order valence-electron chi connectivity index (χ2n) is 5.20. The van der Waals surface area contributed by atoms with Gasteiger partial charge in [0.25, 0.3) is 0 Å². The van der Waals surface area contributed by atoms with Crippen LogP contribution in [0.15, 0.2) is 30.4 Å². The monoisotopic (exact) mass is 320 g/mol. The van der Waals surface area contributed by atoms with Gasteiger partial charge in [-0.15, -0.1) is 0 Å². The molecule has 0 amide bonds. The highest BCUT2D eigenvalue weighted by molar-refractivity contribution is 6.05. The van der Waals surface area contributed by atoms with Crippen molar-refractivity contribution in [2.24, 2.45) is 5.41 Å². The SMILES string of the molecule is C=C1COC(c2ccc3c(c2)OCO3)C1(C(=O)OC)C(=O)OC. The molecule has 0 aliphatic carbocycles. The van der Waals surface area contributed by atoms with E-state index in [2.05, 4.69) is 6.58 Å². The minimum absolute atomic E-state index is 0.0449. The van der Waals surface area contributed by atoms with Crippen LogP contribution in [-0.2, 0) is 23.8 Å². The van der Waals surface area contributed by atoms with Crippen LogP contribution in [0.3, 0.4) is 0 Å². The summed E-state index contributed by atoms with van der Waals surface area (Å²) in [5.74, 6) is -0.427. The van der Waals surface area contributed by atoms with Crippen molar-refractivity contribution in [3.05, 3.63) is 35.9 Å². The van der Waals surface area contributed by atoms with Gasteiger partial charge in [0.15, 0.2) is 11.5 Å². The van der Waals surface area contributed by atoms with Crippen LogP contribution in [0.25, 0.3) is 0 Å². The fraction of sp³-hybridized carbons (Fsp3) is 0.375. The zero-order chi connectivity index (χ0) is 16.6. The molecular weight excluding hydrogens is 304 g/mol. The third-order valence-electron chi connectivity index (χ3n) is 4.09. The van der Waals surface area contributed by atoms with Crippen LogP contribution in [0.5, 0.6) is 11.5 Å². The fourth-order valence-corrected chi connectivity index (χ4v) is 2.94. The van der Waals surface area contributed by atoms with Crippen molar-refractivity contribution in [2.45, 2.75) is 6.10 Å². The van der Waals surface area contributed by atoms with Crippen molar-refractivity contribution in [3.63, 3.8) is 0 Å². The maximum atomic E-state index is 12.4. The van der Waals surface area contributed by atoms with Crippen LogP contribution in [0, 0.1) is 5.41 Å². The van der Waals surface area contributed by atoms with E-state index < -0.39 is 23.5 Å². The predicted molar refractivity (Wildman–Crippen MR) is 76.9 cm³/mol. The summed E-state index contributed by atoms with van der Waals surface area (Å²) in [6.45, 7) is 3.98. The van der Waals surface area contributed by atoms with Gasteiger partial charge in [0.1, 0.15) is 6.10 Å². The van der Waals surface area contributed by atoms with Crippen molar-refractivity contribution in [2.75, 3.05) is 27.6 Å². The van der Waals surface area contributed by atoms with E-state index in [-0.39, 0.29) is 13.4 Å². The lowest BCUT2D eigenvalue weighted by atomic mass is 9.75. The van der Waals surface area contributed by atoms with Crippen molar-refractivity contribution < 1.29 is 33.3 Å². The number of carbonyl (C=O) groups is 2. The predicted octanol–water partition coefficient (Wildman–Crippen LogP) is 1.38. The van der Waals surface area contributed by atoms with Crippen LogP contribution >= 0.6 is 0 Å². The summed E-state index contributed by atoms with van der Waals surface area (Å²) in [5, 5.41) is 0. The molecule has 1 atom stereocenters. The van der Waals surface area contributed by atoms with Gasteiger partial charge in [-0.2, -0.15) is 0 Å². The lowest BCUT2D eigenvalue weighted by molar-refractivity contribution is -0.171. The zero-order valence-electron chi connectivity index (χ0n) is 12.8. The Morgan fingerprint density at radius 3 is 2.48 bits per heavy atom. The number of esters is 2. The quantitative estimate of drug-likeness (QED) is 0.473. The van der Waals surface area contributed by atoms with Gasteiger partial charge in [-0.05, 0) is 23.3 Å². The van der Waals surface area contributed by atoms with Gasteiger partial charge >= 0.3 is 11.9 Å². The molecule has 0 spiro atoms.